The Morgan fingerprint density at radius 3 is 2.27 bits per heavy atom. The molecule has 0 amide bonds. The first kappa shape index (κ1) is 14.8. The highest BCUT2D eigenvalue weighted by Gasteiger charge is 2.41. The van der Waals surface area contributed by atoms with E-state index in [1.54, 1.807) is 5.06 Å². The van der Waals surface area contributed by atoms with Gasteiger partial charge in [-0.3, -0.25) is 4.79 Å². The van der Waals surface area contributed by atoms with Crippen molar-refractivity contribution in [1.29, 1.82) is 0 Å². The Balaban J connectivity index is 1.69. The van der Waals surface area contributed by atoms with Crippen molar-refractivity contribution in [2.75, 3.05) is 5.06 Å². The molecule has 0 saturated heterocycles. The van der Waals surface area contributed by atoms with Crippen LogP contribution in [0.15, 0.2) is 84.9 Å². The van der Waals surface area contributed by atoms with Gasteiger partial charge < -0.3 is 9.82 Å². The number of Topliss-reactive ketones (excluding diaryl/α,β-unsaturated/α-hetero) is 1. The number of hydrogen-bond donors (Lipinski definition) is 1. The van der Waals surface area contributed by atoms with E-state index in [1.165, 1.54) is 0 Å². The van der Waals surface area contributed by atoms with E-state index in [-0.39, 0.29) is 5.78 Å². The van der Waals surface area contributed by atoms with Crippen molar-refractivity contribution in [2.45, 2.75) is 6.04 Å². The summed E-state index contributed by atoms with van der Waals surface area (Å²) < 4.78 is 0. The fourth-order valence-electron chi connectivity index (χ4n) is 3.53. The minimum Gasteiger partial charge on any atom is -0.360 e. The third-order valence-electron chi connectivity index (χ3n) is 4.72. The number of benzene rings is 3. The number of aromatic amines is 1. The molecule has 0 bridgehead atoms. The monoisotopic (exact) mass is 340 g/mol. The van der Waals surface area contributed by atoms with Gasteiger partial charge in [-0.15, -0.1) is 0 Å². The number of rotatable bonds is 3. The van der Waals surface area contributed by atoms with E-state index >= 15 is 0 Å². The van der Waals surface area contributed by atoms with E-state index < -0.39 is 6.04 Å². The maximum atomic E-state index is 13.4. The fraction of sp³-hybridized carbons (Fsp3) is 0.0455. The Hall–Kier alpha value is -3.53. The Bertz CT molecular complexity index is 1090. The number of anilines is 1. The summed E-state index contributed by atoms with van der Waals surface area (Å²) in [7, 11) is 0. The van der Waals surface area contributed by atoms with E-state index in [0.717, 1.165) is 22.2 Å². The van der Waals surface area contributed by atoms with Gasteiger partial charge >= 0.3 is 0 Å². The van der Waals surface area contributed by atoms with Crippen LogP contribution in [-0.2, 0) is 0 Å². The van der Waals surface area contributed by atoms with Crippen molar-refractivity contribution in [3.8, 4) is 5.88 Å². The average Bonchev–Trinajstić information content (AvgIpc) is 3.25. The number of para-hydroxylation sites is 2. The molecule has 4 heteroatoms. The molecule has 0 aliphatic carbocycles. The summed E-state index contributed by atoms with van der Waals surface area (Å²) in [6.45, 7) is 0. The van der Waals surface area contributed by atoms with Gasteiger partial charge in [-0.1, -0.05) is 66.7 Å². The average molecular weight is 340 g/mol. The predicted octanol–water partition coefficient (Wildman–Crippen LogP) is 4.91. The molecule has 1 atom stereocenters. The molecule has 0 radical (unpaired) electrons. The van der Waals surface area contributed by atoms with Crippen LogP contribution in [0.1, 0.15) is 22.0 Å². The molecule has 126 valence electrons. The van der Waals surface area contributed by atoms with Crippen LogP contribution in [0.5, 0.6) is 5.88 Å². The standard InChI is InChI=1S/C22H16N2O2/c25-21(15-9-3-1-4-10-15)20-19-17-13-7-8-14-18(17)23-22(19)26-24(20)16-11-5-2-6-12-16/h1-14,20,23H. The summed E-state index contributed by atoms with van der Waals surface area (Å²) in [4.78, 5) is 22.8. The molecular weight excluding hydrogens is 324 g/mol. The Labute approximate surface area is 150 Å². The van der Waals surface area contributed by atoms with Gasteiger partial charge in [-0.2, -0.15) is 5.06 Å². The number of hydroxylamine groups is 1. The van der Waals surface area contributed by atoms with Crippen molar-refractivity contribution < 1.29 is 9.63 Å². The van der Waals surface area contributed by atoms with Gasteiger partial charge in [0.05, 0.1) is 11.3 Å². The molecule has 1 aliphatic heterocycles. The maximum absolute atomic E-state index is 13.4. The van der Waals surface area contributed by atoms with E-state index in [9.17, 15) is 4.79 Å². The Kier molecular flexibility index (Phi) is 3.28. The van der Waals surface area contributed by atoms with Crippen LogP contribution in [0.25, 0.3) is 10.9 Å². The molecule has 0 fully saturated rings. The Morgan fingerprint density at radius 2 is 1.50 bits per heavy atom. The zero-order chi connectivity index (χ0) is 17.5. The molecule has 1 N–H and O–H groups in total. The van der Waals surface area contributed by atoms with Crippen LogP contribution in [0.4, 0.5) is 5.69 Å². The number of fused-ring (bicyclic) bond motifs is 3. The first-order valence-corrected chi connectivity index (χ1v) is 8.55. The summed E-state index contributed by atoms with van der Waals surface area (Å²) in [5.41, 5.74) is 3.37. The lowest BCUT2D eigenvalue weighted by Crippen LogP contribution is -2.31. The molecule has 0 spiro atoms. The van der Waals surface area contributed by atoms with Gasteiger partial charge in [0.1, 0.15) is 0 Å². The van der Waals surface area contributed by atoms with Crippen molar-refractivity contribution in [1.82, 2.24) is 4.98 Å². The number of hydrogen-bond acceptors (Lipinski definition) is 3. The molecule has 5 rings (SSSR count). The zero-order valence-corrected chi connectivity index (χ0v) is 13.9. The van der Waals surface area contributed by atoms with E-state index in [0.29, 0.717) is 11.4 Å². The molecule has 4 aromatic rings. The summed E-state index contributed by atoms with van der Waals surface area (Å²) in [6.07, 6.45) is 0. The first-order chi connectivity index (χ1) is 12.8. The van der Waals surface area contributed by atoms with E-state index in [1.807, 2.05) is 84.9 Å². The molecular formula is C22H16N2O2. The number of aromatic nitrogens is 1. The van der Waals surface area contributed by atoms with Crippen molar-refractivity contribution in [2.24, 2.45) is 0 Å². The Morgan fingerprint density at radius 1 is 0.846 bits per heavy atom. The van der Waals surface area contributed by atoms with Gasteiger partial charge in [0, 0.05) is 16.5 Å². The molecule has 3 aromatic carbocycles. The third-order valence-corrected chi connectivity index (χ3v) is 4.72. The lowest BCUT2D eigenvalue weighted by Gasteiger charge is -2.24. The molecule has 0 saturated carbocycles. The molecule has 2 heterocycles. The molecule has 4 nitrogen and oxygen atoms in total. The van der Waals surface area contributed by atoms with Crippen molar-refractivity contribution >= 4 is 22.4 Å². The fourth-order valence-corrected chi connectivity index (χ4v) is 3.53. The first-order valence-electron chi connectivity index (χ1n) is 8.55. The highest BCUT2D eigenvalue weighted by atomic mass is 16.7. The third kappa shape index (κ3) is 2.19. The van der Waals surface area contributed by atoms with Crippen LogP contribution in [0.3, 0.4) is 0 Å². The summed E-state index contributed by atoms with van der Waals surface area (Å²) in [6, 6.07) is 26.5. The topological polar surface area (TPSA) is 45.3 Å². The number of ketones is 1. The molecule has 1 aromatic heterocycles. The van der Waals surface area contributed by atoms with Gasteiger partial charge in [-0.05, 0) is 18.2 Å². The van der Waals surface area contributed by atoms with Crippen LogP contribution in [0, 0.1) is 0 Å². The minimum atomic E-state index is -0.536. The second kappa shape index (κ2) is 5.77. The van der Waals surface area contributed by atoms with E-state index in [2.05, 4.69) is 4.98 Å². The van der Waals surface area contributed by atoms with Crippen LogP contribution >= 0.6 is 0 Å². The SMILES string of the molecule is O=C(c1ccccc1)C1c2c([nH]c3ccccc23)ON1c1ccccc1. The highest BCUT2D eigenvalue weighted by molar-refractivity contribution is 6.06. The second-order valence-electron chi connectivity index (χ2n) is 6.30. The van der Waals surface area contributed by atoms with Gasteiger partial charge in [0.2, 0.25) is 5.88 Å². The number of H-pyrrole nitrogens is 1. The number of carbonyl (C=O) groups is 1. The van der Waals surface area contributed by atoms with Crippen LogP contribution < -0.4 is 9.90 Å². The molecule has 26 heavy (non-hydrogen) atoms. The highest BCUT2D eigenvalue weighted by Crippen LogP contribution is 2.45. The van der Waals surface area contributed by atoms with E-state index in [4.69, 9.17) is 4.84 Å². The maximum Gasteiger partial charge on any atom is 0.231 e. The molecule has 1 aliphatic rings. The van der Waals surface area contributed by atoms with Crippen molar-refractivity contribution in [3.63, 3.8) is 0 Å². The summed E-state index contributed by atoms with van der Waals surface area (Å²) >= 11 is 0. The number of carbonyl (C=O) groups excluding carboxylic acids is 1. The second-order valence-corrected chi connectivity index (χ2v) is 6.30. The van der Waals surface area contributed by atoms with Crippen molar-refractivity contribution in [3.05, 3.63) is 96.1 Å². The predicted molar refractivity (Wildman–Crippen MR) is 101 cm³/mol. The number of nitrogens with one attached hydrogen (secondary N) is 1. The normalized spacial score (nSPS) is 15.7. The quantitative estimate of drug-likeness (QED) is 0.539. The zero-order valence-electron chi connectivity index (χ0n) is 13.9. The van der Waals surface area contributed by atoms with Gasteiger partial charge in [-0.25, -0.2) is 0 Å². The minimum absolute atomic E-state index is 0.0120. The van der Waals surface area contributed by atoms with Crippen LogP contribution in [0.2, 0.25) is 0 Å². The summed E-state index contributed by atoms with van der Waals surface area (Å²) in [5, 5.41) is 2.71. The van der Waals surface area contributed by atoms with Gasteiger partial charge in [0.15, 0.2) is 11.8 Å². The number of nitrogens with zero attached hydrogens (tertiary/aromatic N) is 1. The summed E-state index contributed by atoms with van der Waals surface area (Å²) in [5.74, 6) is 0.641. The smallest absolute Gasteiger partial charge is 0.231 e. The van der Waals surface area contributed by atoms with Crippen LogP contribution in [-0.4, -0.2) is 10.8 Å². The molecule has 1 unspecified atom stereocenters. The lowest BCUT2D eigenvalue weighted by atomic mass is 9.96. The van der Waals surface area contributed by atoms with Gasteiger partial charge in [0.25, 0.3) is 0 Å². The largest absolute Gasteiger partial charge is 0.360 e. The lowest BCUT2D eigenvalue weighted by molar-refractivity contribution is 0.0933.